The predicted octanol–water partition coefficient (Wildman–Crippen LogP) is -9.46. The van der Waals surface area contributed by atoms with E-state index in [1.807, 2.05) is 0 Å². The molecule has 11 heteroatoms. The van der Waals surface area contributed by atoms with Crippen LogP contribution in [0.4, 0.5) is 14.4 Å². The Kier molecular flexibility index (Phi) is 47.5. The summed E-state index contributed by atoms with van der Waals surface area (Å²) in [4.78, 5) is 28.5. The van der Waals surface area contributed by atoms with Crippen LogP contribution in [0.5, 0.6) is 0 Å². The summed E-state index contributed by atoms with van der Waals surface area (Å²) in [6.45, 7) is 0. The third-order valence-corrected chi connectivity index (χ3v) is 0.333. The minimum absolute atomic E-state index is 0. The second-order valence-corrected chi connectivity index (χ2v) is 0.954. The van der Waals surface area contributed by atoms with Crippen LogP contribution in [0.1, 0.15) is 0 Å². The first-order valence-electron chi connectivity index (χ1n) is 1.84. The minimum atomic E-state index is -2.20. The van der Waals surface area contributed by atoms with E-state index in [9.17, 15) is 24.6 Å². The maximum atomic E-state index is 9.78. The van der Waals surface area contributed by atoms with Gasteiger partial charge in [0.05, 0.1) is 0 Å². The van der Waals surface area contributed by atoms with Crippen molar-refractivity contribution >= 4 is 156 Å². The molecular formula is C3H2Cs2K2O7. The molecule has 0 unspecified atom stereocenters. The van der Waals surface area contributed by atoms with Crippen molar-refractivity contribution < 1.29 is 137 Å². The number of carbonyl (C=O) groups excluding carboxylic acids is 3. The molecule has 0 heterocycles. The van der Waals surface area contributed by atoms with Crippen LogP contribution in [0.2, 0.25) is 0 Å². The van der Waals surface area contributed by atoms with Crippen LogP contribution in [0, 0.1) is 0 Å². The minimum Gasteiger partial charge on any atom is 1.00 e. The van der Waals surface area contributed by atoms with E-state index in [1.54, 1.807) is 0 Å². The number of ether oxygens (including phenoxy) is 2. The molecule has 0 atom stereocenters. The molecule has 0 N–H and O–H groups in total. The second-order valence-electron chi connectivity index (χ2n) is 0.954. The van der Waals surface area contributed by atoms with Gasteiger partial charge in [0.1, 0.15) is 0 Å². The zero-order valence-corrected chi connectivity index (χ0v) is 12.6. The van der Waals surface area contributed by atoms with Gasteiger partial charge in [-0.25, -0.2) is 4.79 Å². The van der Waals surface area contributed by atoms with Crippen molar-refractivity contribution in [1.29, 1.82) is 0 Å². The Morgan fingerprint density at radius 3 is 1.14 bits per heavy atom. The summed E-state index contributed by atoms with van der Waals surface area (Å²) in [6.07, 6.45) is -6.32. The number of hydrogen-bond acceptors (Lipinski definition) is 7. The number of hydrogen-bond donors (Lipinski definition) is 0. The maximum Gasteiger partial charge on any atom is 1.00 e. The van der Waals surface area contributed by atoms with Crippen LogP contribution >= 0.6 is 0 Å². The summed E-state index contributed by atoms with van der Waals surface area (Å²) < 4.78 is 6.17. The summed E-state index contributed by atoms with van der Waals surface area (Å²) in [5.41, 5.74) is 0. The molecule has 0 rings (SSSR count). The van der Waals surface area contributed by atoms with E-state index in [2.05, 4.69) is 9.47 Å². The van der Waals surface area contributed by atoms with Gasteiger partial charge in [0.15, 0.2) is 0 Å². The van der Waals surface area contributed by atoms with E-state index < -0.39 is 18.5 Å². The molecule has 0 radical (unpaired) electrons. The summed E-state index contributed by atoms with van der Waals surface area (Å²) in [6, 6.07) is 0. The fourth-order valence-corrected chi connectivity index (χ4v) is 0.157. The molecule has 7 nitrogen and oxygen atoms in total. The third kappa shape index (κ3) is 26.2. The topological polar surface area (TPSA) is 116 Å². The number of carbonyl (C=O) groups is 3. The Morgan fingerprint density at radius 2 is 1.00 bits per heavy atom. The maximum absolute atomic E-state index is 9.78. The van der Waals surface area contributed by atoms with Crippen molar-refractivity contribution in [3.63, 3.8) is 0 Å². The largest absolute Gasteiger partial charge is 1.00 e. The molecule has 0 aromatic heterocycles. The van der Waals surface area contributed by atoms with Gasteiger partial charge in [-0.15, -0.1) is 0 Å². The van der Waals surface area contributed by atoms with Crippen LogP contribution in [0.3, 0.4) is 0 Å². The van der Waals surface area contributed by atoms with E-state index in [4.69, 9.17) is 0 Å². The Balaban J connectivity index is -0.0000000675. The Hall–Kier alpha value is 5.59. The first-order valence-corrected chi connectivity index (χ1v) is 1.84. The predicted molar refractivity (Wildman–Crippen MR) is 32.7 cm³/mol. The van der Waals surface area contributed by atoms with Gasteiger partial charge in [-0.2, -0.15) is 0 Å². The van der Waals surface area contributed by atoms with Crippen molar-refractivity contribution in [2.24, 2.45) is 0 Å². The summed E-state index contributed by atoms with van der Waals surface area (Å²) in [5, 5.41) is 18.7. The summed E-state index contributed by atoms with van der Waals surface area (Å²) in [7, 11) is 0. The van der Waals surface area contributed by atoms with Crippen molar-refractivity contribution in [1.82, 2.24) is 0 Å². The van der Waals surface area contributed by atoms with Crippen LogP contribution in [-0.2, 0) is 9.47 Å². The van der Waals surface area contributed by atoms with E-state index in [-0.39, 0.29) is 241 Å². The smallest absolute Gasteiger partial charge is 1.00 e. The first-order chi connectivity index (χ1) is 4.52. The summed E-state index contributed by atoms with van der Waals surface area (Å²) >= 11 is 0. The summed E-state index contributed by atoms with van der Waals surface area (Å²) in [5.74, 6) is 0. The van der Waals surface area contributed by atoms with Crippen LogP contribution in [0.25, 0.3) is 0 Å². The van der Waals surface area contributed by atoms with Gasteiger partial charge >= 0.3 is 247 Å². The molecule has 60 valence electrons. The third-order valence-electron chi connectivity index (χ3n) is 0.333. The van der Waals surface area contributed by atoms with E-state index in [0.717, 1.165) is 0 Å². The van der Waals surface area contributed by atoms with Gasteiger partial charge in [-0.3, -0.25) is 0 Å². The standard InChI is InChI=1S/C3H2O7.2Cs.2K.2H/c4-1(5)9-3(8)10-2(6)7;;;;;;/h(H,4,5)(H,6,7);;;;;;/q;;;2*+1;;/p-2. The molecule has 0 aromatic carbocycles. The molecular weight excluding hydrogens is 492 g/mol. The SMILES string of the molecule is O=C([O-])OC(=O)OC(=O)[O-].[CsH].[CsH].[K+].[K+]. The van der Waals surface area contributed by atoms with Gasteiger partial charge in [0.2, 0.25) is 0 Å². The number of rotatable bonds is 0. The molecule has 14 heavy (non-hydrogen) atoms. The van der Waals surface area contributed by atoms with Gasteiger partial charge in [-0.1, -0.05) is 0 Å². The van der Waals surface area contributed by atoms with Crippen LogP contribution < -0.4 is 113 Å². The van der Waals surface area contributed by atoms with E-state index in [1.165, 1.54) is 0 Å². The Labute approximate surface area is 282 Å². The molecule has 0 spiro atoms. The van der Waals surface area contributed by atoms with Crippen molar-refractivity contribution in [3.8, 4) is 0 Å². The molecule has 0 aliphatic rings. The van der Waals surface area contributed by atoms with E-state index >= 15 is 0 Å². The van der Waals surface area contributed by atoms with Gasteiger partial charge in [-0.05, 0) is 0 Å². The quantitative estimate of drug-likeness (QED) is 0.187. The second kappa shape index (κ2) is 20.9. The van der Waals surface area contributed by atoms with Crippen molar-refractivity contribution in [2.45, 2.75) is 0 Å². The fraction of sp³-hybridized carbons (Fsp3) is 0. The molecule has 0 aromatic rings. The molecule has 0 bridgehead atoms. The monoisotopic (exact) mass is 494 g/mol. The zero-order valence-electron chi connectivity index (χ0n) is 6.36. The fourth-order valence-electron chi connectivity index (χ4n) is 0.157. The van der Waals surface area contributed by atoms with E-state index in [0.29, 0.717) is 0 Å². The van der Waals surface area contributed by atoms with Crippen molar-refractivity contribution in [3.05, 3.63) is 0 Å². The molecule has 0 fully saturated rings. The Morgan fingerprint density at radius 1 is 0.786 bits per heavy atom. The van der Waals surface area contributed by atoms with Crippen molar-refractivity contribution in [2.75, 3.05) is 0 Å². The molecule has 0 aliphatic heterocycles. The van der Waals surface area contributed by atoms with Crippen LogP contribution in [-0.4, -0.2) is 156 Å². The normalized spacial score (nSPS) is 5.71. The van der Waals surface area contributed by atoms with Gasteiger partial charge in [0, 0.05) is 0 Å². The van der Waals surface area contributed by atoms with Gasteiger partial charge in [0.25, 0.3) is 12.3 Å². The molecule has 0 aliphatic carbocycles. The molecule has 0 saturated heterocycles. The number of carboxylic acid groups (broad SMARTS) is 2. The Bertz CT molecular complexity index is 168. The zero-order chi connectivity index (χ0) is 8.15. The molecule has 0 amide bonds. The molecule has 0 saturated carbocycles. The van der Waals surface area contributed by atoms with Crippen LogP contribution in [0.15, 0.2) is 0 Å². The average Bonchev–Trinajstić information content (AvgIpc) is 1.58. The van der Waals surface area contributed by atoms with Gasteiger partial charge < -0.3 is 29.3 Å². The average molecular weight is 494 g/mol. The first kappa shape index (κ1) is 31.8.